The molecule has 0 aromatic heterocycles. The van der Waals surface area contributed by atoms with E-state index in [0.29, 0.717) is 18.8 Å². The second kappa shape index (κ2) is 9.06. The molecule has 0 heterocycles. The summed E-state index contributed by atoms with van der Waals surface area (Å²) in [6.45, 7) is 2.93. The van der Waals surface area contributed by atoms with Gasteiger partial charge in [0.1, 0.15) is 6.04 Å². The number of ether oxygens (including phenoxy) is 1. The second-order valence-corrected chi connectivity index (χ2v) is 4.31. The van der Waals surface area contributed by atoms with Crippen molar-refractivity contribution in [3.05, 3.63) is 30.3 Å². The molecule has 0 aliphatic rings. The fourth-order valence-electron chi connectivity index (χ4n) is 1.51. The van der Waals surface area contributed by atoms with E-state index in [-0.39, 0.29) is 18.4 Å². The van der Waals surface area contributed by atoms with Crippen LogP contribution in [0.3, 0.4) is 0 Å². The second-order valence-electron chi connectivity index (χ2n) is 4.31. The molecule has 3 N–H and O–H groups in total. The van der Waals surface area contributed by atoms with E-state index in [4.69, 9.17) is 4.74 Å². The van der Waals surface area contributed by atoms with Crippen molar-refractivity contribution in [3.8, 4) is 0 Å². The molecule has 6 nitrogen and oxygen atoms in total. The minimum atomic E-state index is -0.591. The summed E-state index contributed by atoms with van der Waals surface area (Å²) in [5.41, 5.74) is 0.705. The summed E-state index contributed by atoms with van der Waals surface area (Å²) in [5, 5.41) is 8.26. The summed E-state index contributed by atoms with van der Waals surface area (Å²) in [7, 11) is 1.59. The molecular weight excluding hydrogens is 258 g/mol. The van der Waals surface area contributed by atoms with Crippen molar-refractivity contribution in [1.82, 2.24) is 10.6 Å². The first kappa shape index (κ1) is 16.1. The molecule has 0 saturated heterocycles. The number of benzene rings is 1. The lowest BCUT2D eigenvalue weighted by molar-refractivity contribution is -0.125. The predicted molar refractivity (Wildman–Crippen MR) is 77.4 cm³/mol. The van der Waals surface area contributed by atoms with Gasteiger partial charge in [-0.3, -0.25) is 9.59 Å². The minimum Gasteiger partial charge on any atom is -0.383 e. The summed E-state index contributed by atoms with van der Waals surface area (Å²) in [6.07, 6.45) is 0. The van der Waals surface area contributed by atoms with E-state index in [1.54, 1.807) is 26.2 Å². The average Bonchev–Trinajstić information content (AvgIpc) is 2.44. The van der Waals surface area contributed by atoms with Gasteiger partial charge < -0.3 is 20.7 Å². The molecule has 0 saturated carbocycles. The third kappa shape index (κ3) is 6.31. The molecule has 0 radical (unpaired) electrons. The van der Waals surface area contributed by atoms with E-state index in [1.165, 1.54) is 0 Å². The third-order valence-corrected chi connectivity index (χ3v) is 2.58. The van der Waals surface area contributed by atoms with E-state index in [0.717, 1.165) is 0 Å². The van der Waals surface area contributed by atoms with Crippen LogP contribution in [0, 0.1) is 0 Å². The van der Waals surface area contributed by atoms with E-state index >= 15 is 0 Å². The average molecular weight is 279 g/mol. The van der Waals surface area contributed by atoms with Crippen molar-refractivity contribution in [2.75, 3.05) is 32.1 Å². The fraction of sp³-hybridized carbons (Fsp3) is 0.429. The largest absolute Gasteiger partial charge is 0.383 e. The van der Waals surface area contributed by atoms with Crippen LogP contribution in [0.1, 0.15) is 6.92 Å². The monoisotopic (exact) mass is 279 g/mol. The fourth-order valence-corrected chi connectivity index (χ4v) is 1.51. The molecule has 6 heteroatoms. The quantitative estimate of drug-likeness (QED) is 0.601. The number of methoxy groups -OCH3 is 1. The summed E-state index contributed by atoms with van der Waals surface area (Å²) < 4.78 is 4.85. The van der Waals surface area contributed by atoms with Gasteiger partial charge in [-0.15, -0.1) is 0 Å². The molecule has 1 rings (SSSR count). The minimum absolute atomic E-state index is 0.159. The van der Waals surface area contributed by atoms with Crippen LogP contribution in [-0.4, -0.2) is 44.7 Å². The van der Waals surface area contributed by atoms with Gasteiger partial charge in [0, 0.05) is 19.3 Å². The Bertz CT molecular complexity index is 423. The van der Waals surface area contributed by atoms with Crippen LogP contribution in [0.25, 0.3) is 0 Å². The van der Waals surface area contributed by atoms with Gasteiger partial charge in [-0.1, -0.05) is 18.2 Å². The lowest BCUT2D eigenvalue weighted by atomic mass is 10.2. The van der Waals surface area contributed by atoms with Crippen molar-refractivity contribution in [1.29, 1.82) is 0 Å². The molecule has 0 spiro atoms. The highest BCUT2D eigenvalue weighted by Gasteiger charge is 2.15. The van der Waals surface area contributed by atoms with Gasteiger partial charge in [0.15, 0.2) is 0 Å². The summed E-state index contributed by atoms with van der Waals surface area (Å²) in [6, 6.07) is 8.52. The highest BCUT2D eigenvalue weighted by molar-refractivity contribution is 5.97. The molecule has 0 bridgehead atoms. The number of carbonyl (C=O) groups excluding carboxylic acids is 2. The highest BCUT2D eigenvalue weighted by Crippen LogP contribution is 2.05. The number of carbonyl (C=O) groups is 2. The zero-order valence-electron chi connectivity index (χ0n) is 11.8. The molecule has 0 fully saturated rings. The van der Waals surface area contributed by atoms with Gasteiger partial charge in [0.2, 0.25) is 11.8 Å². The van der Waals surface area contributed by atoms with E-state index in [9.17, 15) is 9.59 Å². The Kier molecular flexibility index (Phi) is 7.31. The Balaban J connectivity index is 2.29. The summed E-state index contributed by atoms with van der Waals surface area (Å²) in [4.78, 5) is 23.4. The molecule has 2 amide bonds. The third-order valence-electron chi connectivity index (χ3n) is 2.58. The maximum absolute atomic E-state index is 11.9. The van der Waals surface area contributed by atoms with Crippen molar-refractivity contribution in [2.45, 2.75) is 13.0 Å². The number of nitrogens with one attached hydrogen (secondary N) is 3. The number of hydrogen-bond donors (Lipinski definition) is 3. The standard InChI is InChI=1S/C14H21N3O3/c1-11(16-13(18)10-15-8-9-20-2)14(19)17-12-6-4-3-5-7-12/h3-7,11,15H,8-10H2,1-2H3,(H,16,18)(H,17,19). The SMILES string of the molecule is COCCNCC(=O)NC(C)C(=O)Nc1ccccc1. The van der Waals surface area contributed by atoms with Crippen LogP contribution in [0.15, 0.2) is 30.3 Å². The van der Waals surface area contributed by atoms with E-state index < -0.39 is 6.04 Å². The number of hydrogen-bond acceptors (Lipinski definition) is 4. The van der Waals surface area contributed by atoms with E-state index in [2.05, 4.69) is 16.0 Å². The normalized spacial score (nSPS) is 11.7. The summed E-state index contributed by atoms with van der Waals surface area (Å²) >= 11 is 0. The number of amides is 2. The van der Waals surface area contributed by atoms with Crippen molar-refractivity contribution in [2.24, 2.45) is 0 Å². The number of rotatable bonds is 8. The maximum Gasteiger partial charge on any atom is 0.246 e. The molecule has 20 heavy (non-hydrogen) atoms. The van der Waals surface area contributed by atoms with Crippen LogP contribution < -0.4 is 16.0 Å². The molecule has 1 atom stereocenters. The van der Waals surface area contributed by atoms with Crippen LogP contribution >= 0.6 is 0 Å². The lowest BCUT2D eigenvalue weighted by Crippen LogP contribution is -2.45. The smallest absolute Gasteiger partial charge is 0.246 e. The first-order valence-corrected chi connectivity index (χ1v) is 6.48. The van der Waals surface area contributed by atoms with Gasteiger partial charge in [0.05, 0.1) is 13.2 Å². The van der Waals surface area contributed by atoms with Crippen LogP contribution in [0.4, 0.5) is 5.69 Å². The molecule has 0 aliphatic heterocycles. The number of anilines is 1. The van der Waals surface area contributed by atoms with Gasteiger partial charge in [-0.2, -0.15) is 0 Å². The van der Waals surface area contributed by atoms with Crippen molar-refractivity contribution in [3.63, 3.8) is 0 Å². The molecule has 1 aromatic carbocycles. The van der Waals surface area contributed by atoms with Crippen LogP contribution in [-0.2, 0) is 14.3 Å². The summed E-state index contributed by atoms with van der Waals surface area (Å²) in [5.74, 6) is -0.474. The Morgan fingerprint density at radius 2 is 1.95 bits per heavy atom. The van der Waals surface area contributed by atoms with Gasteiger partial charge >= 0.3 is 0 Å². The van der Waals surface area contributed by atoms with Crippen molar-refractivity contribution >= 4 is 17.5 Å². The van der Waals surface area contributed by atoms with Crippen LogP contribution in [0.2, 0.25) is 0 Å². The Labute approximate surface area is 118 Å². The Morgan fingerprint density at radius 3 is 2.60 bits per heavy atom. The topological polar surface area (TPSA) is 79.5 Å². The van der Waals surface area contributed by atoms with Gasteiger partial charge in [-0.25, -0.2) is 0 Å². The molecule has 0 aliphatic carbocycles. The molecular formula is C14H21N3O3. The lowest BCUT2D eigenvalue weighted by Gasteiger charge is -2.14. The first-order valence-electron chi connectivity index (χ1n) is 6.48. The first-order chi connectivity index (χ1) is 9.63. The van der Waals surface area contributed by atoms with Gasteiger partial charge in [0.25, 0.3) is 0 Å². The Morgan fingerprint density at radius 1 is 1.25 bits per heavy atom. The van der Waals surface area contributed by atoms with Crippen LogP contribution in [0.5, 0.6) is 0 Å². The maximum atomic E-state index is 11.9. The zero-order chi connectivity index (χ0) is 14.8. The number of para-hydroxylation sites is 1. The Hall–Kier alpha value is -1.92. The van der Waals surface area contributed by atoms with Gasteiger partial charge in [-0.05, 0) is 19.1 Å². The van der Waals surface area contributed by atoms with Crippen molar-refractivity contribution < 1.29 is 14.3 Å². The molecule has 110 valence electrons. The molecule has 1 unspecified atom stereocenters. The predicted octanol–water partition coefficient (Wildman–Crippen LogP) is 0.366. The van der Waals surface area contributed by atoms with E-state index in [1.807, 2.05) is 18.2 Å². The molecule has 1 aromatic rings. The highest BCUT2D eigenvalue weighted by atomic mass is 16.5. The zero-order valence-corrected chi connectivity index (χ0v) is 11.8.